The van der Waals surface area contributed by atoms with Gasteiger partial charge in [0.05, 0.1) is 17.2 Å². The zero-order chi connectivity index (χ0) is 11.0. The van der Waals surface area contributed by atoms with Crippen LogP contribution < -0.4 is 0 Å². The fourth-order valence-corrected chi connectivity index (χ4v) is 2.51. The minimum Gasteiger partial charge on any atom is -0.393 e. The van der Waals surface area contributed by atoms with Crippen molar-refractivity contribution in [1.82, 2.24) is 5.06 Å². The first-order chi connectivity index (χ1) is 6.29. The number of hydrogen-bond donors (Lipinski definition) is 1. The first-order valence-corrected chi connectivity index (χ1v) is 4.90. The summed E-state index contributed by atoms with van der Waals surface area (Å²) in [5.41, 5.74) is -0.457. The number of nitrogens with zero attached hydrogens (tertiary/aromatic N) is 1. The van der Waals surface area contributed by atoms with E-state index in [2.05, 4.69) is 6.11 Å². The Morgan fingerprint density at radius 3 is 2.07 bits per heavy atom. The molecule has 0 aromatic heterocycles. The molecule has 0 saturated carbocycles. The quantitative estimate of drug-likeness (QED) is 0.647. The normalized spacial score (nSPS) is 26.9. The van der Waals surface area contributed by atoms with Crippen molar-refractivity contribution in [3.63, 3.8) is 0 Å². The Kier molecular flexibility index (Phi) is 2.80. The molecule has 0 aliphatic carbocycles. The van der Waals surface area contributed by atoms with Crippen LogP contribution in [0.25, 0.3) is 0 Å². The van der Waals surface area contributed by atoms with Crippen LogP contribution in [0.1, 0.15) is 40.5 Å². The number of aliphatic hydroxyl groups is 1. The molecule has 1 fully saturated rings. The summed E-state index contributed by atoms with van der Waals surface area (Å²) >= 11 is 0. The van der Waals surface area contributed by atoms with Gasteiger partial charge in [-0.05, 0) is 40.5 Å². The number of hydrogen-bond acceptors (Lipinski definition) is 3. The smallest absolute Gasteiger partial charge is 0.134 e. The van der Waals surface area contributed by atoms with E-state index >= 15 is 0 Å². The maximum atomic E-state index is 9.73. The highest BCUT2D eigenvalue weighted by Gasteiger charge is 2.46. The lowest BCUT2D eigenvalue weighted by atomic mass is 9.80. The van der Waals surface area contributed by atoms with E-state index in [0.29, 0.717) is 12.8 Å². The molecule has 1 N–H and O–H groups in total. The Morgan fingerprint density at radius 2 is 1.71 bits per heavy atom. The zero-order valence-corrected chi connectivity index (χ0v) is 9.37. The molecule has 0 atom stereocenters. The van der Waals surface area contributed by atoms with Crippen LogP contribution in [0, 0.1) is 12.5 Å². The fourth-order valence-electron chi connectivity index (χ4n) is 2.51. The average Bonchev–Trinajstić information content (AvgIpc) is 1.94. The van der Waals surface area contributed by atoms with Gasteiger partial charge in [-0.2, -0.15) is 0 Å². The molecule has 80 valence electrons. The van der Waals surface area contributed by atoms with E-state index in [4.69, 9.17) is 11.3 Å². The Labute approximate surface area is 86.0 Å². The highest BCUT2D eigenvalue weighted by molar-refractivity contribution is 4.97. The second kappa shape index (κ2) is 3.45. The molecule has 0 amide bonds. The van der Waals surface area contributed by atoms with Crippen molar-refractivity contribution in [1.29, 1.82) is 0 Å². The van der Waals surface area contributed by atoms with Crippen LogP contribution in [0.4, 0.5) is 0 Å². The van der Waals surface area contributed by atoms with E-state index in [1.54, 1.807) is 0 Å². The van der Waals surface area contributed by atoms with E-state index in [-0.39, 0.29) is 17.2 Å². The third kappa shape index (κ3) is 2.02. The zero-order valence-electron chi connectivity index (χ0n) is 9.37. The topological polar surface area (TPSA) is 32.7 Å². The van der Waals surface area contributed by atoms with Crippen LogP contribution in [-0.2, 0) is 4.84 Å². The van der Waals surface area contributed by atoms with Gasteiger partial charge in [-0.1, -0.05) is 6.42 Å². The van der Waals surface area contributed by atoms with Gasteiger partial charge in [-0.25, -0.2) is 0 Å². The predicted molar refractivity (Wildman–Crippen MR) is 55.2 cm³/mol. The molecule has 3 nitrogen and oxygen atoms in total. The van der Waals surface area contributed by atoms with Gasteiger partial charge in [0.15, 0.2) is 0 Å². The minimum atomic E-state index is -0.280. The highest BCUT2D eigenvalue weighted by Crippen LogP contribution is 2.38. The Morgan fingerprint density at radius 1 is 1.29 bits per heavy atom. The van der Waals surface area contributed by atoms with Crippen LogP contribution in [0.2, 0.25) is 0 Å². The predicted octanol–water partition coefficient (Wildman–Crippen LogP) is 1.52. The molecule has 14 heavy (non-hydrogen) atoms. The van der Waals surface area contributed by atoms with Crippen LogP contribution in [0.15, 0.2) is 0 Å². The summed E-state index contributed by atoms with van der Waals surface area (Å²) in [6, 6.07) is 0. The van der Waals surface area contributed by atoms with E-state index < -0.39 is 0 Å². The third-order valence-corrected chi connectivity index (χ3v) is 2.71. The first kappa shape index (κ1) is 11.4. The van der Waals surface area contributed by atoms with Crippen molar-refractivity contribution in [3.05, 3.63) is 0 Å². The van der Waals surface area contributed by atoms with Crippen LogP contribution in [0.3, 0.4) is 0 Å². The molecule has 1 heterocycles. The molecule has 1 rings (SSSR count). The molecule has 0 unspecified atom stereocenters. The Balaban J connectivity index is 2.92. The number of aliphatic hydroxyl groups excluding tert-OH is 1. The van der Waals surface area contributed by atoms with Gasteiger partial charge >= 0.3 is 0 Å². The molecule has 0 radical (unpaired) electrons. The van der Waals surface area contributed by atoms with Gasteiger partial charge in [0, 0.05) is 0 Å². The first-order valence-electron chi connectivity index (χ1n) is 4.90. The van der Waals surface area contributed by atoms with Crippen molar-refractivity contribution in [2.75, 3.05) is 0 Å². The number of rotatable bonds is 1. The van der Waals surface area contributed by atoms with Crippen molar-refractivity contribution in [2.45, 2.75) is 57.7 Å². The summed E-state index contributed by atoms with van der Waals surface area (Å²) in [4.78, 5) is 5.21. The molecule has 0 aromatic rings. The molecule has 0 spiro atoms. The summed E-state index contributed by atoms with van der Waals surface area (Å²) in [6.07, 6.45) is 8.45. The molecule has 0 aromatic carbocycles. The van der Waals surface area contributed by atoms with Gasteiger partial charge in [-0.15, -0.1) is 5.06 Å². The number of terminal acetylenes is 1. The maximum Gasteiger partial charge on any atom is 0.134 e. The van der Waals surface area contributed by atoms with Crippen molar-refractivity contribution in [2.24, 2.45) is 0 Å². The Bertz CT molecular complexity index is 235. The molecule has 1 aliphatic heterocycles. The molecule has 3 heteroatoms. The second-order valence-electron chi connectivity index (χ2n) is 5.19. The lowest BCUT2D eigenvalue weighted by Gasteiger charge is -2.50. The summed E-state index contributed by atoms with van der Waals surface area (Å²) in [6.45, 7) is 8.09. The fraction of sp³-hybridized carbons (Fsp3) is 0.818. The molecular weight excluding hydrogens is 178 g/mol. The molecular formula is C11H19NO2. The molecule has 0 bridgehead atoms. The van der Waals surface area contributed by atoms with Crippen LogP contribution in [-0.4, -0.2) is 27.4 Å². The third-order valence-electron chi connectivity index (χ3n) is 2.71. The summed E-state index contributed by atoms with van der Waals surface area (Å²) in [7, 11) is 0. The lowest BCUT2D eigenvalue weighted by Crippen LogP contribution is -2.61. The van der Waals surface area contributed by atoms with Crippen LogP contribution in [0.5, 0.6) is 0 Å². The summed E-state index contributed by atoms with van der Waals surface area (Å²) in [5.74, 6) is 0. The summed E-state index contributed by atoms with van der Waals surface area (Å²) in [5, 5.41) is 11.5. The highest BCUT2D eigenvalue weighted by atomic mass is 16.7. The standard InChI is InChI=1S/C11H19NO2/c1-6-14-12-10(2,3)7-9(13)8-11(12,4)5/h1,9,13H,7-8H2,2-5H3. The van der Waals surface area contributed by atoms with Crippen LogP contribution >= 0.6 is 0 Å². The average molecular weight is 197 g/mol. The van der Waals surface area contributed by atoms with E-state index in [1.165, 1.54) is 0 Å². The molecule has 1 saturated heterocycles. The van der Waals surface area contributed by atoms with E-state index in [9.17, 15) is 5.11 Å². The van der Waals surface area contributed by atoms with Crippen molar-refractivity contribution < 1.29 is 9.94 Å². The number of hydroxylamine groups is 2. The van der Waals surface area contributed by atoms with Crippen molar-refractivity contribution in [3.8, 4) is 12.5 Å². The number of piperidine rings is 1. The van der Waals surface area contributed by atoms with E-state index in [1.807, 2.05) is 32.8 Å². The van der Waals surface area contributed by atoms with Gasteiger partial charge in [-0.3, -0.25) is 0 Å². The monoisotopic (exact) mass is 197 g/mol. The maximum absolute atomic E-state index is 9.73. The summed E-state index contributed by atoms with van der Waals surface area (Å²) < 4.78 is 0. The second-order valence-corrected chi connectivity index (χ2v) is 5.19. The van der Waals surface area contributed by atoms with Gasteiger partial charge in [0.1, 0.15) is 6.11 Å². The minimum absolute atomic E-state index is 0.229. The van der Waals surface area contributed by atoms with E-state index in [0.717, 1.165) is 0 Å². The largest absolute Gasteiger partial charge is 0.393 e. The Hall–Kier alpha value is -0.720. The molecule has 1 aliphatic rings. The van der Waals surface area contributed by atoms with Gasteiger partial charge in [0.2, 0.25) is 0 Å². The van der Waals surface area contributed by atoms with Crippen molar-refractivity contribution >= 4 is 0 Å². The van der Waals surface area contributed by atoms with Gasteiger partial charge < -0.3 is 9.94 Å². The van der Waals surface area contributed by atoms with Gasteiger partial charge in [0.25, 0.3) is 0 Å². The lowest BCUT2D eigenvalue weighted by molar-refractivity contribution is -0.252. The SMILES string of the molecule is C#CON1C(C)(C)CC(O)CC1(C)C.